The van der Waals surface area contributed by atoms with Crippen molar-refractivity contribution < 1.29 is 14.5 Å². The van der Waals surface area contributed by atoms with E-state index in [4.69, 9.17) is 11.6 Å². The van der Waals surface area contributed by atoms with E-state index in [2.05, 4.69) is 10.6 Å². The maximum Gasteiger partial charge on any atom is 0.271 e. The van der Waals surface area contributed by atoms with Crippen molar-refractivity contribution in [2.75, 3.05) is 11.9 Å². The molecule has 1 aromatic carbocycles. The minimum atomic E-state index is -0.884. The van der Waals surface area contributed by atoms with Crippen molar-refractivity contribution in [1.29, 1.82) is 0 Å². The molecular weight excluding hydrogens is 286 g/mol. The second kappa shape index (κ2) is 5.09. The van der Waals surface area contributed by atoms with Crippen LogP contribution in [0.2, 0.25) is 5.02 Å². The Hall–Kier alpha value is -2.15. The molecule has 1 unspecified atom stereocenters. The summed E-state index contributed by atoms with van der Waals surface area (Å²) in [5.41, 5.74) is -0.896. The normalized spacial score (nSPS) is 21.4. The van der Waals surface area contributed by atoms with E-state index in [0.29, 0.717) is 0 Å². The molecule has 0 aliphatic carbocycles. The molecule has 1 aromatic rings. The third kappa shape index (κ3) is 2.72. The molecule has 2 N–H and O–H groups in total. The number of rotatable bonds is 3. The smallest absolute Gasteiger partial charge is 0.271 e. The van der Waals surface area contributed by atoms with Crippen molar-refractivity contribution in [3.05, 3.63) is 33.3 Å². The van der Waals surface area contributed by atoms with Gasteiger partial charge < -0.3 is 10.6 Å². The van der Waals surface area contributed by atoms with Crippen molar-refractivity contribution >= 4 is 34.8 Å². The predicted molar refractivity (Wildman–Crippen MR) is 72.5 cm³/mol. The minimum Gasteiger partial charge on any atom is -0.355 e. The lowest BCUT2D eigenvalue weighted by Crippen LogP contribution is -2.35. The van der Waals surface area contributed by atoms with Gasteiger partial charge in [0.15, 0.2) is 0 Å². The molecule has 2 rings (SSSR count). The van der Waals surface area contributed by atoms with Gasteiger partial charge in [0.25, 0.3) is 5.69 Å². The molecule has 1 fully saturated rings. The van der Waals surface area contributed by atoms with Gasteiger partial charge in [-0.15, -0.1) is 0 Å². The topological polar surface area (TPSA) is 101 Å². The zero-order valence-electron chi connectivity index (χ0n) is 10.6. The largest absolute Gasteiger partial charge is 0.355 e. The molecule has 0 bridgehead atoms. The summed E-state index contributed by atoms with van der Waals surface area (Å²) >= 11 is 5.91. The van der Waals surface area contributed by atoms with Crippen LogP contribution < -0.4 is 10.6 Å². The quantitative estimate of drug-likeness (QED) is 0.655. The highest BCUT2D eigenvalue weighted by Gasteiger charge is 2.40. The Morgan fingerprint density at radius 3 is 2.80 bits per heavy atom. The molecule has 1 atom stereocenters. The van der Waals surface area contributed by atoms with Gasteiger partial charge in [0.05, 0.1) is 21.0 Å². The molecule has 2 amide bonds. The van der Waals surface area contributed by atoms with Gasteiger partial charge in [-0.25, -0.2) is 0 Å². The number of nitro groups is 1. The Bertz CT molecular complexity index is 604. The Morgan fingerprint density at radius 1 is 1.55 bits per heavy atom. The van der Waals surface area contributed by atoms with Gasteiger partial charge in [-0.2, -0.15) is 0 Å². The fraction of sp³-hybridized carbons (Fsp3) is 0.333. The number of nitro benzene ring substituents is 1. The van der Waals surface area contributed by atoms with Crippen LogP contribution in [0.5, 0.6) is 0 Å². The summed E-state index contributed by atoms with van der Waals surface area (Å²) in [5, 5.41) is 16.0. The van der Waals surface area contributed by atoms with E-state index in [9.17, 15) is 19.7 Å². The first-order valence-corrected chi connectivity index (χ1v) is 6.22. The van der Waals surface area contributed by atoms with Gasteiger partial charge in [0, 0.05) is 25.1 Å². The zero-order valence-corrected chi connectivity index (χ0v) is 11.4. The number of hydrogen-bond acceptors (Lipinski definition) is 4. The monoisotopic (exact) mass is 297 g/mol. The van der Waals surface area contributed by atoms with Gasteiger partial charge in [-0.05, 0) is 13.0 Å². The molecule has 8 heteroatoms. The van der Waals surface area contributed by atoms with E-state index < -0.39 is 16.2 Å². The third-order valence-corrected chi connectivity index (χ3v) is 3.51. The van der Waals surface area contributed by atoms with Gasteiger partial charge in [-0.3, -0.25) is 19.7 Å². The average Bonchev–Trinajstić information content (AvgIpc) is 2.73. The Morgan fingerprint density at radius 2 is 2.25 bits per heavy atom. The van der Waals surface area contributed by atoms with Crippen molar-refractivity contribution in [1.82, 2.24) is 5.32 Å². The second-order valence-corrected chi connectivity index (χ2v) is 5.30. The number of carbonyl (C=O) groups excluding carboxylic acids is 2. The van der Waals surface area contributed by atoms with Crippen molar-refractivity contribution in [3.63, 3.8) is 0 Å². The van der Waals surface area contributed by atoms with Crippen LogP contribution in [-0.2, 0) is 9.59 Å². The fourth-order valence-electron chi connectivity index (χ4n) is 1.93. The minimum absolute atomic E-state index is 0.0748. The highest BCUT2D eigenvalue weighted by Crippen LogP contribution is 2.31. The predicted octanol–water partition coefficient (Wildman–Crippen LogP) is 1.71. The number of halogens is 1. The van der Waals surface area contributed by atoms with E-state index in [0.717, 1.165) is 0 Å². The Kier molecular flexibility index (Phi) is 3.63. The zero-order chi connectivity index (χ0) is 14.9. The van der Waals surface area contributed by atoms with Gasteiger partial charge in [0.1, 0.15) is 0 Å². The third-order valence-electron chi connectivity index (χ3n) is 3.18. The molecule has 0 aromatic heterocycles. The van der Waals surface area contributed by atoms with Crippen LogP contribution in [0.3, 0.4) is 0 Å². The molecule has 20 heavy (non-hydrogen) atoms. The van der Waals surface area contributed by atoms with E-state index >= 15 is 0 Å². The molecule has 0 saturated carbocycles. The van der Waals surface area contributed by atoms with Crippen LogP contribution in [-0.4, -0.2) is 23.3 Å². The van der Waals surface area contributed by atoms with Gasteiger partial charge in [-0.1, -0.05) is 11.6 Å². The molecule has 1 aliphatic heterocycles. The molecule has 106 valence electrons. The van der Waals surface area contributed by atoms with Crippen LogP contribution in [0.15, 0.2) is 18.2 Å². The number of carbonyl (C=O) groups is 2. The molecule has 1 saturated heterocycles. The Labute approximate surface area is 119 Å². The summed E-state index contributed by atoms with van der Waals surface area (Å²) in [6.45, 7) is 1.87. The van der Waals surface area contributed by atoms with Gasteiger partial charge in [0.2, 0.25) is 11.8 Å². The van der Waals surface area contributed by atoms with Crippen molar-refractivity contribution in [3.8, 4) is 0 Å². The summed E-state index contributed by atoms with van der Waals surface area (Å²) in [4.78, 5) is 33.5. The number of non-ortho nitro benzene ring substituents is 1. The first-order chi connectivity index (χ1) is 9.32. The highest BCUT2D eigenvalue weighted by atomic mass is 35.5. The molecule has 0 radical (unpaired) electrons. The highest BCUT2D eigenvalue weighted by molar-refractivity contribution is 6.33. The Balaban J connectivity index is 2.21. The maximum absolute atomic E-state index is 12.2. The first-order valence-electron chi connectivity index (χ1n) is 5.84. The average molecular weight is 298 g/mol. The molecular formula is C12H12ClN3O4. The van der Waals surface area contributed by atoms with E-state index in [1.54, 1.807) is 6.92 Å². The first kappa shape index (κ1) is 14.3. The maximum atomic E-state index is 12.2. The van der Waals surface area contributed by atoms with Gasteiger partial charge >= 0.3 is 0 Å². The van der Waals surface area contributed by atoms with E-state index in [-0.39, 0.29) is 35.3 Å². The second-order valence-electron chi connectivity index (χ2n) is 4.89. The fourth-order valence-corrected chi connectivity index (χ4v) is 2.09. The number of anilines is 1. The molecule has 0 spiro atoms. The lowest BCUT2D eigenvalue weighted by atomic mass is 9.88. The summed E-state index contributed by atoms with van der Waals surface area (Å²) in [7, 11) is 0. The summed E-state index contributed by atoms with van der Waals surface area (Å²) in [6, 6.07) is 3.78. The van der Waals surface area contributed by atoms with Crippen molar-refractivity contribution in [2.45, 2.75) is 13.3 Å². The summed E-state index contributed by atoms with van der Waals surface area (Å²) in [5.74, 6) is -0.606. The number of benzene rings is 1. The standard InChI is InChI=1S/C12H12ClN3O4/c1-12(5-10(17)14-6-12)11(18)15-9-4-7(16(19)20)2-3-8(9)13/h2-4H,5-6H2,1H3,(H,14,17)(H,15,18). The summed E-state index contributed by atoms with van der Waals surface area (Å²) < 4.78 is 0. The SMILES string of the molecule is CC1(C(=O)Nc2cc([N+](=O)[O-])ccc2Cl)CNC(=O)C1. The van der Waals surface area contributed by atoms with Crippen LogP contribution in [0, 0.1) is 15.5 Å². The van der Waals surface area contributed by atoms with Crippen LogP contribution >= 0.6 is 11.6 Å². The number of amides is 2. The number of nitrogens with zero attached hydrogens (tertiary/aromatic N) is 1. The lowest BCUT2D eigenvalue weighted by Gasteiger charge is -2.20. The van der Waals surface area contributed by atoms with E-state index in [1.165, 1.54) is 18.2 Å². The van der Waals surface area contributed by atoms with Crippen LogP contribution in [0.25, 0.3) is 0 Å². The molecule has 1 heterocycles. The number of nitrogens with one attached hydrogen (secondary N) is 2. The summed E-state index contributed by atoms with van der Waals surface area (Å²) in [6.07, 6.45) is 0.0748. The lowest BCUT2D eigenvalue weighted by molar-refractivity contribution is -0.384. The van der Waals surface area contributed by atoms with Crippen molar-refractivity contribution in [2.24, 2.45) is 5.41 Å². The van der Waals surface area contributed by atoms with Crippen LogP contribution in [0.1, 0.15) is 13.3 Å². The number of hydrogen-bond donors (Lipinski definition) is 2. The molecule has 1 aliphatic rings. The molecule has 7 nitrogen and oxygen atoms in total. The van der Waals surface area contributed by atoms with Crippen LogP contribution in [0.4, 0.5) is 11.4 Å². The van der Waals surface area contributed by atoms with E-state index in [1.807, 2.05) is 0 Å².